The highest BCUT2D eigenvalue weighted by Gasteiger charge is 2.12. The van der Waals surface area contributed by atoms with E-state index in [4.69, 9.17) is 0 Å². The highest BCUT2D eigenvalue weighted by Crippen LogP contribution is 2.25. The molecule has 1 N–H and O–H groups in total. The van der Waals surface area contributed by atoms with Gasteiger partial charge in [0, 0.05) is 6.42 Å². The molecule has 1 nitrogen and oxygen atoms in total. The van der Waals surface area contributed by atoms with Crippen molar-refractivity contribution in [2.24, 2.45) is 0 Å². The molecule has 2 aromatic rings. The summed E-state index contributed by atoms with van der Waals surface area (Å²) in [5.74, 6) is -1.75. The lowest BCUT2D eigenvalue weighted by Gasteiger charge is -2.09. The molecule has 1 aromatic carbocycles. The summed E-state index contributed by atoms with van der Waals surface area (Å²) in [5, 5.41) is 11.8. The molecule has 2 rings (SSSR count). The predicted molar refractivity (Wildman–Crippen MR) is 72.1 cm³/mol. The van der Waals surface area contributed by atoms with Gasteiger partial charge >= 0.3 is 0 Å². The highest BCUT2D eigenvalue weighted by atomic mass is 127. The molecule has 0 spiro atoms. The molecule has 1 atom stereocenters. The molecule has 0 aliphatic rings. The predicted octanol–water partition coefficient (Wildman–Crippen LogP) is 3.91. The van der Waals surface area contributed by atoms with Crippen LogP contribution in [0.4, 0.5) is 8.78 Å². The number of aliphatic hydroxyl groups is 1. The quantitative estimate of drug-likeness (QED) is 0.817. The minimum absolute atomic E-state index is 0.282. The number of aliphatic hydroxyl groups excluding tert-OH is 1. The number of rotatable bonds is 3. The third-order valence-corrected chi connectivity index (χ3v) is 4.19. The molecule has 0 radical (unpaired) electrons. The van der Waals surface area contributed by atoms with E-state index in [0.717, 1.165) is 20.6 Å². The minimum atomic E-state index is -0.880. The molecular weight excluding hydrogens is 357 g/mol. The zero-order valence-electron chi connectivity index (χ0n) is 8.66. The van der Waals surface area contributed by atoms with Crippen molar-refractivity contribution in [2.45, 2.75) is 12.5 Å². The Labute approximate surface area is 115 Å². The van der Waals surface area contributed by atoms with Gasteiger partial charge in [0.05, 0.1) is 8.99 Å². The van der Waals surface area contributed by atoms with Crippen LogP contribution in [0, 0.1) is 14.5 Å². The summed E-state index contributed by atoms with van der Waals surface area (Å²) in [5.41, 5.74) is 1.39. The van der Waals surface area contributed by atoms with Crippen molar-refractivity contribution >= 4 is 33.9 Å². The Balaban J connectivity index is 2.12. The second-order valence-corrected chi connectivity index (χ2v) is 6.46. The van der Waals surface area contributed by atoms with Gasteiger partial charge in [-0.3, -0.25) is 0 Å². The molecule has 1 aromatic heterocycles. The van der Waals surface area contributed by atoms with Gasteiger partial charge in [0.2, 0.25) is 0 Å². The lowest BCUT2D eigenvalue weighted by Crippen LogP contribution is -2.01. The fourth-order valence-corrected chi connectivity index (χ4v) is 2.92. The summed E-state index contributed by atoms with van der Waals surface area (Å²) in [6, 6.07) is 5.57. The smallest absolute Gasteiger partial charge is 0.159 e. The average Bonchev–Trinajstić information content (AvgIpc) is 2.70. The molecule has 0 aliphatic carbocycles. The Bertz CT molecular complexity index is 527. The fraction of sp³-hybridized carbons (Fsp3) is 0.167. The largest absolute Gasteiger partial charge is 0.388 e. The molecule has 1 unspecified atom stereocenters. The van der Waals surface area contributed by atoms with E-state index in [1.54, 1.807) is 11.3 Å². The van der Waals surface area contributed by atoms with E-state index in [1.807, 2.05) is 11.4 Å². The maximum Gasteiger partial charge on any atom is 0.159 e. The summed E-state index contributed by atoms with van der Waals surface area (Å²) >= 11 is 3.71. The van der Waals surface area contributed by atoms with E-state index < -0.39 is 17.7 Å². The van der Waals surface area contributed by atoms with Crippen LogP contribution in [0.5, 0.6) is 0 Å². The first-order chi connectivity index (χ1) is 8.06. The molecule has 0 saturated heterocycles. The van der Waals surface area contributed by atoms with E-state index in [1.165, 1.54) is 6.07 Å². The van der Waals surface area contributed by atoms with Crippen molar-refractivity contribution in [1.29, 1.82) is 0 Å². The van der Waals surface area contributed by atoms with Crippen molar-refractivity contribution in [2.75, 3.05) is 0 Å². The van der Waals surface area contributed by atoms with Gasteiger partial charge in [-0.05, 0) is 57.3 Å². The molecule has 0 bridgehead atoms. The summed E-state index contributed by atoms with van der Waals surface area (Å²) < 4.78 is 26.8. The van der Waals surface area contributed by atoms with Crippen LogP contribution in [-0.4, -0.2) is 5.11 Å². The lowest BCUT2D eigenvalue weighted by molar-refractivity contribution is 0.179. The molecule has 0 amide bonds. The molecule has 1 heterocycles. The molecule has 5 heteroatoms. The Hall–Kier alpha value is -0.530. The van der Waals surface area contributed by atoms with Gasteiger partial charge in [-0.2, -0.15) is 0 Å². The van der Waals surface area contributed by atoms with Gasteiger partial charge in [-0.15, -0.1) is 11.3 Å². The molecule has 0 aliphatic heterocycles. The van der Waals surface area contributed by atoms with Crippen molar-refractivity contribution in [1.82, 2.24) is 0 Å². The molecular formula is C12H9F2IOS. The van der Waals surface area contributed by atoms with Crippen molar-refractivity contribution in [3.05, 3.63) is 55.3 Å². The van der Waals surface area contributed by atoms with Crippen molar-refractivity contribution in [3.8, 4) is 0 Å². The maximum absolute atomic E-state index is 13.0. The van der Waals surface area contributed by atoms with Gasteiger partial charge in [-0.25, -0.2) is 8.78 Å². The Morgan fingerprint density at radius 1 is 1.24 bits per heavy atom. The van der Waals surface area contributed by atoms with Crippen LogP contribution in [0.15, 0.2) is 29.6 Å². The highest BCUT2D eigenvalue weighted by molar-refractivity contribution is 14.1. The SMILES string of the molecule is OC(Cc1ccc(F)c(F)c1)c1csc(I)c1. The second-order valence-electron chi connectivity index (χ2n) is 3.65. The van der Waals surface area contributed by atoms with E-state index in [0.29, 0.717) is 5.56 Å². The third kappa shape index (κ3) is 3.23. The minimum Gasteiger partial charge on any atom is -0.388 e. The molecule has 90 valence electrons. The zero-order valence-corrected chi connectivity index (χ0v) is 11.6. The Morgan fingerprint density at radius 3 is 2.59 bits per heavy atom. The van der Waals surface area contributed by atoms with E-state index >= 15 is 0 Å². The molecule has 17 heavy (non-hydrogen) atoms. The first-order valence-corrected chi connectivity index (χ1v) is 6.88. The van der Waals surface area contributed by atoms with Crippen LogP contribution in [0.1, 0.15) is 17.2 Å². The molecule has 0 saturated carbocycles. The Kier molecular flexibility index (Phi) is 4.11. The summed E-state index contributed by atoms with van der Waals surface area (Å²) in [6.07, 6.45) is -0.399. The average molecular weight is 366 g/mol. The van der Waals surface area contributed by atoms with Gasteiger partial charge < -0.3 is 5.11 Å². The van der Waals surface area contributed by atoms with Crippen LogP contribution in [0.25, 0.3) is 0 Å². The van der Waals surface area contributed by atoms with Gasteiger partial charge in [0.15, 0.2) is 11.6 Å². The van der Waals surface area contributed by atoms with Crippen LogP contribution in [-0.2, 0) is 6.42 Å². The summed E-state index contributed by atoms with van der Waals surface area (Å²) in [6.45, 7) is 0. The van der Waals surface area contributed by atoms with Crippen molar-refractivity contribution < 1.29 is 13.9 Å². The van der Waals surface area contributed by atoms with Crippen LogP contribution in [0.3, 0.4) is 0 Å². The number of benzene rings is 1. The number of hydrogen-bond acceptors (Lipinski definition) is 2. The zero-order chi connectivity index (χ0) is 12.4. The first kappa shape index (κ1) is 12.9. The summed E-state index contributed by atoms with van der Waals surface area (Å²) in [4.78, 5) is 0. The van der Waals surface area contributed by atoms with E-state index in [9.17, 15) is 13.9 Å². The maximum atomic E-state index is 13.0. The number of hydrogen-bond donors (Lipinski definition) is 1. The molecule has 0 fully saturated rings. The van der Waals surface area contributed by atoms with Gasteiger partial charge in [-0.1, -0.05) is 6.07 Å². The van der Waals surface area contributed by atoms with Crippen molar-refractivity contribution in [3.63, 3.8) is 0 Å². The monoisotopic (exact) mass is 366 g/mol. The first-order valence-electron chi connectivity index (χ1n) is 4.92. The van der Waals surface area contributed by atoms with E-state index in [-0.39, 0.29) is 6.42 Å². The number of thiophene rings is 1. The third-order valence-electron chi connectivity index (χ3n) is 2.39. The summed E-state index contributed by atoms with van der Waals surface area (Å²) in [7, 11) is 0. The van der Waals surface area contributed by atoms with Crippen LogP contribution in [0.2, 0.25) is 0 Å². The van der Waals surface area contributed by atoms with E-state index in [2.05, 4.69) is 22.6 Å². The fourth-order valence-electron chi connectivity index (χ4n) is 1.51. The second kappa shape index (κ2) is 5.41. The van der Waals surface area contributed by atoms with Gasteiger partial charge in [0.25, 0.3) is 0 Å². The lowest BCUT2D eigenvalue weighted by atomic mass is 10.0. The van der Waals surface area contributed by atoms with Crippen LogP contribution < -0.4 is 0 Å². The van der Waals surface area contributed by atoms with Gasteiger partial charge in [0.1, 0.15) is 0 Å². The van der Waals surface area contributed by atoms with Crippen LogP contribution >= 0.6 is 33.9 Å². The normalized spacial score (nSPS) is 12.7. The number of halogens is 3. The topological polar surface area (TPSA) is 20.2 Å². The Morgan fingerprint density at radius 2 is 2.00 bits per heavy atom. The standard InChI is InChI=1S/C12H9F2IOS/c13-9-2-1-7(3-10(9)14)4-11(16)8-5-12(15)17-6-8/h1-3,5-6,11,16H,4H2.